The van der Waals surface area contributed by atoms with Crippen molar-refractivity contribution in [2.24, 2.45) is 0 Å². The number of nitrogens with one attached hydrogen (secondary N) is 1. The lowest BCUT2D eigenvalue weighted by atomic mass is 10.1. The number of carbonyl (C=O) groups is 1. The van der Waals surface area contributed by atoms with Crippen LogP contribution < -0.4 is 5.56 Å². The highest BCUT2D eigenvalue weighted by Crippen LogP contribution is 2.19. The van der Waals surface area contributed by atoms with Crippen LogP contribution in [0.15, 0.2) is 35.1 Å². The highest BCUT2D eigenvalue weighted by Gasteiger charge is 2.22. The molecular weight excluding hydrogens is 416 g/mol. The first-order valence-corrected chi connectivity index (χ1v) is 11.5. The van der Waals surface area contributed by atoms with E-state index in [1.54, 1.807) is 11.6 Å². The van der Waals surface area contributed by atoms with Gasteiger partial charge in [0, 0.05) is 56.1 Å². The van der Waals surface area contributed by atoms with Crippen LogP contribution in [-0.4, -0.2) is 61.6 Å². The summed E-state index contributed by atoms with van der Waals surface area (Å²) in [5.74, 6) is 0.592. The van der Waals surface area contributed by atoms with Gasteiger partial charge in [0.1, 0.15) is 0 Å². The molecule has 8 nitrogen and oxygen atoms in total. The summed E-state index contributed by atoms with van der Waals surface area (Å²) in [5, 5.41) is 4.59. The number of aryl methyl sites for hydroxylation is 2. The molecule has 33 heavy (non-hydrogen) atoms. The second kappa shape index (κ2) is 9.70. The Labute approximate surface area is 194 Å². The highest BCUT2D eigenvalue weighted by molar-refractivity contribution is 5.76. The molecule has 0 spiro atoms. The van der Waals surface area contributed by atoms with Gasteiger partial charge in [-0.3, -0.25) is 19.5 Å². The van der Waals surface area contributed by atoms with Crippen molar-refractivity contribution < 1.29 is 4.79 Å². The average Bonchev–Trinajstić information content (AvgIpc) is 3.10. The summed E-state index contributed by atoms with van der Waals surface area (Å²) in [5.41, 5.74) is 5.23. The minimum atomic E-state index is -0.159. The van der Waals surface area contributed by atoms with Gasteiger partial charge in [0.25, 0.3) is 5.56 Å². The zero-order valence-corrected chi connectivity index (χ0v) is 19.9. The van der Waals surface area contributed by atoms with Gasteiger partial charge in [-0.1, -0.05) is 30.3 Å². The largest absolute Gasteiger partial charge is 0.340 e. The van der Waals surface area contributed by atoms with E-state index in [0.29, 0.717) is 30.0 Å². The molecule has 1 aromatic carbocycles. The molecule has 8 heteroatoms. The Morgan fingerprint density at radius 1 is 1.00 bits per heavy atom. The first-order chi connectivity index (χ1) is 15.8. The number of hydrogen-bond donors (Lipinski definition) is 1. The van der Waals surface area contributed by atoms with E-state index in [1.165, 1.54) is 5.56 Å². The molecule has 0 bridgehead atoms. The fourth-order valence-electron chi connectivity index (χ4n) is 4.36. The molecule has 0 atom stereocenters. The first kappa shape index (κ1) is 22.9. The van der Waals surface area contributed by atoms with Gasteiger partial charge < -0.3 is 4.90 Å². The van der Waals surface area contributed by atoms with Gasteiger partial charge in [0.2, 0.25) is 11.9 Å². The van der Waals surface area contributed by atoms with Gasteiger partial charge >= 0.3 is 0 Å². The van der Waals surface area contributed by atoms with Crippen molar-refractivity contribution in [1.29, 1.82) is 0 Å². The number of carbonyl (C=O) groups excluding carboxylic acids is 1. The third-order valence-electron chi connectivity index (χ3n) is 6.59. The van der Waals surface area contributed by atoms with Crippen molar-refractivity contribution in [3.8, 4) is 5.95 Å². The van der Waals surface area contributed by atoms with Crippen LogP contribution in [-0.2, 0) is 17.8 Å². The second-order valence-corrected chi connectivity index (χ2v) is 8.80. The number of aromatic amines is 1. The molecule has 1 aliphatic rings. The standard InChI is InChI=1S/C25H32N6O2/c1-17-18(2)26-25(27-24(17)33)31-20(4)22(19(3)28-31)10-11-23(32)30-14-12-29(13-15-30)16-21-8-6-5-7-9-21/h5-9H,10-16H2,1-4H3,(H,26,27,33). The fourth-order valence-corrected chi connectivity index (χ4v) is 4.36. The van der Waals surface area contributed by atoms with Gasteiger partial charge in [-0.15, -0.1) is 0 Å². The van der Waals surface area contributed by atoms with E-state index in [-0.39, 0.29) is 11.5 Å². The second-order valence-electron chi connectivity index (χ2n) is 8.80. The van der Waals surface area contributed by atoms with Crippen molar-refractivity contribution in [3.63, 3.8) is 0 Å². The Hall–Kier alpha value is -3.26. The van der Waals surface area contributed by atoms with Crippen LogP contribution in [0, 0.1) is 27.7 Å². The lowest BCUT2D eigenvalue weighted by molar-refractivity contribution is -0.133. The maximum atomic E-state index is 12.9. The molecule has 0 unspecified atom stereocenters. The van der Waals surface area contributed by atoms with E-state index < -0.39 is 0 Å². The van der Waals surface area contributed by atoms with Crippen LogP contribution in [0.5, 0.6) is 0 Å². The smallest absolute Gasteiger partial charge is 0.255 e. The summed E-state index contributed by atoms with van der Waals surface area (Å²) in [7, 11) is 0. The van der Waals surface area contributed by atoms with E-state index in [9.17, 15) is 9.59 Å². The van der Waals surface area contributed by atoms with Crippen LogP contribution in [0.4, 0.5) is 0 Å². The molecule has 3 heterocycles. The van der Waals surface area contributed by atoms with Crippen molar-refractivity contribution >= 4 is 5.91 Å². The zero-order chi connectivity index (χ0) is 23.5. The number of nitrogens with zero attached hydrogens (tertiary/aromatic N) is 5. The zero-order valence-electron chi connectivity index (χ0n) is 19.9. The van der Waals surface area contributed by atoms with Crippen LogP contribution >= 0.6 is 0 Å². The number of aromatic nitrogens is 4. The van der Waals surface area contributed by atoms with Crippen LogP contribution in [0.1, 0.15) is 40.2 Å². The summed E-state index contributed by atoms with van der Waals surface area (Å²) < 4.78 is 1.67. The SMILES string of the molecule is Cc1nn(-c2nc(C)c(C)c(=O)[nH]2)c(C)c1CCC(=O)N1CCN(Cc2ccccc2)CC1. The molecule has 1 fully saturated rings. The molecule has 4 rings (SSSR count). The number of H-pyrrole nitrogens is 1. The molecule has 1 N–H and O–H groups in total. The molecule has 0 aliphatic carbocycles. The normalized spacial score (nSPS) is 14.6. The Balaban J connectivity index is 1.36. The summed E-state index contributed by atoms with van der Waals surface area (Å²) in [6, 6.07) is 10.5. The molecular formula is C25H32N6O2. The minimum absolute atomic E-state index is 0.159. The van der Waals surface area contributed by atoms with E-state index in [0.717, 1.165) is 49.7 Å². The lowest BCUT2D eigenvalue weighted by Gasteiger charge is -2.34. The summed E-state index contributed by atoms with van der Waals surface area (Å²) in [4.78, 5) is 36.7. The van der Waals surface area contributed by atoms with E-state index in [4.69, 9.17) is 0 Å². The number of rotatable bonds is 6. The number of piperazine rings is 1. The Kier molecular flexibility index (Phi) is 6.74. The maximum absolute atomic E-state index is 12.9. The lowest BCUT2D eigenvalue weighted by Crippen LogP contribution is -2.48. The fraction of sp³-hybridized carbons (Fsp3) is 0.440. The number of amides is 1. The van der Waals surface area contributed by atoms with E-state index in [2.05, 4.69) is 44.2 Å². The molecule has 1 aliphatic heterocycles. The van der Waals surface area contributed by atoms with Crippen molar-refractivity contribution in [3.05, 3.63) is 74.5 Å². The number of benzene rings is 1. The Morgan fingerprint density at radius 2 is 1.70 bits per heavy atom. The molecule has 2 aromatic heterocycles. The van der Waals surface area contributed by atoms with Gasteiger partial charge in [-0.05, 0) is 45.2 Å². The minimum Gasteiger partial charge on any atom is -0.340 e. The molecule has 3 aromatic rings. The van der Waals surface area contributed by atoms with Gasteiger partial charge in [-0.25, -0.2) is 9.67 Å². The van der Waals surface area contributed by atoms with Crippen molar-refractivity contribution in [1.82, 2.24) is 29.5 Å². The molecule has 1 amide bonds. The van der Waals surface area contributed by atoms with Crippen molar-refractivity contribution in [2.75, 3.05) is 26.2 Å². The van der Waals surface area contributed by atoms with Crippen LogP contribution in [0.2, 0.25) is 0 Å². The van der Waals surface area contributed by atoms with E-state index >= 15 is 0 Å². The first-order valence-electron chi connectivity index (χ1n) is 11.5. The number of hydrogen-bond acceptors (Lipinski definition) is 5. The quantitative estimate of drug-likeness (QED) is 0.626. The Morgan fingerprint density at radius 3 is 2.36 bits per heavy atom. The Bertz CT molecular complexity index is 1190. The highest BCUT2D eigenvalue weighted by atomic mass is 16.2. The maximum Gasteiger partial charge on any atom is 0.255 e. The third kappa shape index (κ3) is 5.06. The predicted molar refractivity (Wildman–Crippen MR) is 128 cm³/mol. The summed E-state index contributed by atoms with van der Waals surface area (Å²) in [6.45, 7) is 11.7. The molecule has 1 saturated heterocycles. The predicted octanol–water partition coefficient (Wildman–Crippen LogP) is 2.47. The average molecular weight is 449 g/mol. The van der Waals surface area contributed by atoms with Crippen LogP contribution in [0.25, 0.3) is 5.95 Å². The monoisotopic (exact) mass is 448 g/mol. The van der Waals surface area contributed by atoms with Crippen molar-refractivity contribution in [2.45, 2.75) is 47.1 Å². The molecule has 0 radical (unpaired) electrons. The van der Waals surface area contributed by atoms with E-state index in [1.807, 2.05) is 31.7 Å². The molecule has 0 saturated carbocycles. The summed E-state index contributed by atoms with van der Waals surface area (Å²) in [6.07, 6.45) is 1.07. The molecule has 174 valence electrons. The van der Waals surface area contributed by atoms with Gasteiger partial charge in [-0.2, -0.15) is 5.10 Å². The topological polar surface area (TPSA) is 87.1 Å². The van der Waals surface area contributed by atoms with Gasteiger partial charge in [0.15, 0.2) is 0 Å². The summed E-state index contributed by atoms with van der Waals surface area (Å²) >= 11 is 0. The third-order valence-corrected chi connectivity index (χ3v) is 6.59. The van der Waals surface area contributed by atoms with Crippen LogP contribution in [0.3, 0.4) is 0 Å². The van der Waals surface area contributed by atoms with Gasteiger partial charge in [0.05, 0.1) is 5.69 Å².